The van der Waals surface area contributed by atoms with E-state index in [0.29, 0.717) is 12.3 Å². The minimum Gasteiger partial charge on any atom is -0.452 e. The first kappa shape index (κ1) is 15.2. The molecule has 0 aliphatic carbocycles. The Balaban J connectivity index is 2.27. The Morgan fingerprint density at radius 1 is 1.30 bits per heavy atom. The Hall–Kier alpha value is -1.15. The monoisotopic (exact) mass is 358 g/mol. The smallest absolute Gasteiger partial charge is 0.247 e. The van der Waals surface area contributed by atoms with Crippen molar-refractivity contribution in [2.75, 3.05) is 7.05 Å². The van der Waals surface area contributed by atoms with Gasteiger partial charge in [0.1, 0.15) is 10.7 Å². The second kappa shape index (κ2) is 6.09. The SMILES string of the molecule is CN(Cc1ccccc1)S(=O)(=O)c1cc(CN)oc1Br. The van der Waals surface area contributed by atoms with Gasteiger partial charge in [0.15, 0.2) is 4.67 Å². The summed E-state index contributed by atoms with van der Waals surface area (Å²) in [5.74, 6) is 0.420. The molecule has 0 unspecified atom stereocenters. The standard InChI is InChI=1S/C13H15BrN2O3S/c1-16(9-10-5-3-2-4-6-10)20(17,18)12-7-11(8-15)19-13(12)14/h2-7H,8-9,15H2,1H3. The molecule has 0 amide bonds. The van der Waals surface area contributed by atoms with Crippen LogP contribution < -0.4 is 5.73 Å². The maximum atomic E-state index is 12.5. The van der Waals surface area contributed by atoms with Crippen molar-refractivity contribution in [2.45, 2.75) is 18.0 Å². The number of benzene rings is 1. The van der Waals surface area contributed by atoms with Crippen molar-refractivity contribution in [3.05, 3.63) is 52.4 Å². The molecule has 7 heteroatoms. The number of furan rings is 1. The number of hydrogen-bond donors (Lipinski definition) is 1. The van der Waals surface area contributed by atoms with Crippen LogP contribution in [0.2, 0.25) is 0 Å². The molecule has 2 rings (SSSR count). The van der Waals surface area contributed by atoms with E-state index in [1.54, 1.807) is 0 Å². The number of nitrogens with zero attached hydrogens (tertiary/aromatic N) is 1. The van der Waals surface area contributed by atoms with E-state index in [4.69, 9.17) is 10.2 Å². The van der Waals surface area contributed by atoms with E-state index in [1.807, 2.05) is 30.3 Å². The van der Waals surface area contributed by atoms with Crippen molar-refractivity contribution >= 4 is 26.0 Å². The van der Waals surface area contributed by atoms with Gasteiger partial charge in [-0.15, -0.1) is 0 Å². The second-order valence-corrected chi connectivity index (χ2v) is 7.04. The molecule has 1 aromatic heterocycles. The predicted molar refractivity (Wildman–Crippen MR) is 79.4 cm³/mol. The van der Waals surface area contributed by atoms with Gasteiger partial charge in [-0.1, -0.05) is 30.3 Å². The molecule has 0 aliphatic rings. The molecule has 1 heterocycles. The van der Waals surface area contributed by atoms with Crippen LogP contribution in [0.4, 0.5) is 0 Å². The number of hydrogen-bond acceptors (Lipinski definition) is 4. The third-order valence-electron chi connectivity index (χ3n) is 2.84. The minimum absolute atomic E-state index is 0.0939. The van der Waals surface area contributed by atoms with Crippen LogP contribution in [-0.2, 0) is 23.1 Å². The highest BCUT2D eigenvalue weighted by Gasteiger charge is 2.26. The molecular formula is C13H15BrN2O3S. The first-order chi connectivity index (χ1) is 9.45. The Morgan fingerprint density at radius 3 is 2.50 bits per heavy atom. The summed E-state index contributed by atoms with van der Waals surface area (Å²) >= 11 is 3.12. The first-order valence-corrected chi connectivity index (χ1v) is 8.17. The fraction of sp³-hybridized carbons (Fsp3) is 0.231. The van der Waals surface area contributed by atoms with Gasteiger partial charge in [-0.05, 0) is 21.5 Å². The Bertz CT molecular complexity index is 683. The maximum absolute atomic E-state index is 12.5. The summed E-state index contributed by atoms with van der Waals surface area (Å²) in [6.07, 6.45) is 0. The Labute approximate surface area is 126 Å². The Morgan fingerprint density at radius 2 is 1.95 bits per heavy atom. The van der Waals surface area contributed by atoms with Gasteiger partial charge in [0, 0.05) is 19.7 Å². The van der Waals surface area contributed by atoms with Crippen LogP contribution in [0.25, 0.3) is 0 Å². The predicted octanol–water partition coefficient (Wildman–Crippen LogP) is 2.32. The summed E-state index contributed by atoms with van der Waals surface area (Å²) < 4.78 is 31.7. The molecule has 0 atom stereocenters. The van der Waals surface area contributed by atoms with Crippen LogP contribution >= 0.6 is 15.9 Å². The minimum atomic E-state index is -3.62. The molecule has 0 aliphatic heterocycles. The summed E-state index contributed by atoms with van der Waals surface area (Å²) in [6.45, 7) is 0.440. The van der Waals surface area contributed by atoms with E-state index in [0.717, 1.165) is 5.56 Å². The van der Waals surface area contributed by atoms with Gasteiger partial charge in [-0.3, -0.25) is 0 Å². The lowest BCUT2D eigenvalue weighted by atomic mass is 10.2. The van der Waals surface area contributed by atoms with Crippen molar-refractivity contribution in [1.82, 2.24) is 4.31 Å². The van der Waals surface area contributed by atoms with Crippen LogP contribution in [0, 0.1) is 0 Å². The molecule has 5 nitrogen and oxygen atoms in total. The van der Waals surface area contributed by atoms with E-state index in [9.17, 15) is 8.42 Å². The van der Waals surface area contributed by atoms with Crippen LogP contribution in [0.3, 0.4) is 0 Å². The van der Waals surface area contributed by atoms with Gasteiger partial charge in [-0.2, -0.15) is 4.31 Å². The zero-order valence-corrected chi connectivity index (χ0v) is 13.3. The van der Waals surface area contributed by atoms with E-state index in [1.165, 1.54) is 17.4 Å². The highest BCUT2D eigenvalue weighted by Crippen LogP contribution is 2.28. The zero-order valence-electron chi connectivity index (χ0n) is 10.9. The van der Waals surface area contributed by atoms with Crippen LogP contribution in [0.1, 0.15) is 11.3 Å². The molecule has 1 aromatic carbocycles. The van der Waals surface area contributed by atoms with Crippen LogP contribution in [0.15, 0.2) is 50.4 Å². The summed E-state index contributed by atoms with van der Waals surface area (Å²) in [6, 6.07) is 10.8. The molecule has 20 heavy (non-hydrogen) atoms. The van der Waals surface area contributed by atoms with Gasteiger partial charge in [0.05, 0.1) is 6.54 Å². The average Bonchev–Trinajstić information content (AvgIpc) is 2.82. The van der Waals surface area contributed by atoms with E-state index in [2.05, 4.69) is 15.9 Å². The van der Waals surface area contributed by atoms with Crippen molar-refractivity contribution in [1.29, 1.82) is 0 Å². The summed E-state index contributed by atoms with van der Waals surface area (Å²) in [4.78, 5) is 0.0939. The summed E-state index contributed by atoms with van der Waals surface area (Å²) in [7, 11) is -2.09. The molecule has 0 spiro atoms. The quantitative estimate of drug-likeness (QED) is 0.889. The van der Waals surface area contributed by atoms with Crippen LogP contribution in [0.5, 0.6) is 0 Å². The third kappa shape index (κ3) is 3.12. The molecule has 0 bridgehead atoms. The number of rotatable bonds is 5. The third-order valence-corrected chi connectivity index (χ3v) is 5.50. The highest BCUT2D eigenvalue weighted by molar-refractivity contribution is 9.10. The number of sulfonamides is 1. The molecule has 0 saturated heterocycles. The second-order valence-electron chi connectivity index (χ2n) is 4.30. The Kier molecular flexibility index (Phi) is 4.64. The van der Waals surface area contributed by atoms with Crippen molar-refractivity contribution < 1.29 is 12.8 Å². The maximum Gasteiger partial charge on any atom is 0.247 e. The number of halogens is 1. The van der Waals surface area contributed by atoms with Gasteiger partial charge in [0.25, 0.3) is 0 Å². The topological polar surface area (TPSA) is 76.5 Å². The van der Waals surface area contributed by atoms with Gasteiger partial charge >= 0.3 is 0 Å². The average molecular weight is 359 g/mol. The normalized spacial score (nSPS) is 12.0. The highest BCUT2D eigenvalue weighted by atomic mass is 79.9. The number of nitrogens with two attached hydrogens (primary N) is 1. The lowest BCUT2D eigenvalue weighted by Crippen LogP contribution is -2.26. The van der Waals surface area contributed by atoms with Gasteiger partial charge in [-0.25, -0.2) is 8.42 Å². The molecule has 2 N–H and O–H groups in total. The largest absolute Gasteiger partial charge is 0.452 e. The zero-order chi connectivity index (χ0) is 14.8. The fourth-order valence-electron chi connectivity index (χ4n) is 1.77. The van der Waals surface area contributed by atoms with E-state index >= 15 is 0 Å². The van der Waals surface area contributed by atoms with E-state index in [-0.39, 0.29) is 16.1 Å². The van der Waals surface area contributed by atoms with Crippen molar-refractivity contribution in [3.63, 3.8) is 0 Å². The van der Waals surface area contributed by atoms with E-state index < -0.39 is 10.0 Å². The van der Waals surface area contributed by atoms with Crippen molar-refractivity contribution in [2.24, 2.45) is 5.73 Å². The lowest BCUT2D eigenvalue weighted by Gasteiger charge is -2.16. The molecular weight excluding hydrogens is 344 g/mol. The molecule has 2 aromatic rings. The molecule has 0 fully saturated rings. The molecule has 0 saturated carbocycles. The lowest BCUT2D eigenvalue weighted by molar-refractivity contribution is 0.458. The van der Waals surface area contributed by atoms with Crippen molar-refractivity contribution in [3.8, 4) is 0 Å². The summed E-state index contributed by atoms with van der Waals surface area (Å²) in [5, 5.41) is 0. The molecule has 108 valence electrons. The fourth-order valence-corrected chi connectivity index (χ4v) is 3.88. The van der Waals surface area contributed by atoms with Gasteiger partial charge in [0.2, 0.25) is 10.0 Å². The van der Waals surface area contributed by atoms with Crippen LogP contribution in [-0.4, -0.2) is 19.8 Å². The van der Waals surface area contributed by atoms with Gasteiger partial charge < -0.3 is 10.2 Å². The molecule has 0 radical (unpaired) electrons. The first-order valence-electron chi connectivity index (χ1n) is 5.93. The summed E-state index contributed by atoms with van der Waals surface area (Å²) in [5.41, 5.74) is 6.37.